The van der Waals surface area contributed by atoms with Gasteiger partial charge in [-0.25, -0.2) is 0 Å². The number of aromatic nitrogens is 2. The van der Waals surface area contributed by atoms with Crippen molar-refractivity contribution in [2.75, 3.05) is 13.7 Å². The van der Waals surface area contributed by atoms with E-state index in [2.05, 4.69) is 9.97 Å². The van der Waals surface area contributed by atoms with Crippen LogP contribution < -0.4 is 9.47 Å². The standard InChI is InChI=1S/C14H13ClN2O2/c1-3-19-14-13-10(7-12(15)17-14)9-6-8(18-2)4-5-11(9)16-13/h4-7,16H,3H2,1-2H3. The van der Waals surface area contributed by atoms with Crippen LogP contribution in [-0.2, 0) is 0 Å². The highest BCUT2D eigenvalue weighted by molar-refractivity contribution is 6.30. The molecule has 0 aliphatic rings. The van der Waals surface area contributed by atoms with Crippen molar-refractivity contribution in [2.24, 2.45) is 0 Å². The highest BCUT2D eigenvalue weighted by Crippen LogP contribution is 2.34. The Balaban J connectivity index is 2.36. The molecule has 0 fully saturated rings. The number of benzene rings is 1. The molecule has 2 aromatic heterocycles. The summed E-state index contributed by atoms with van der Waals surface area (Å²) < 4.78 is 10.8. The van der Waals surface area contributed by atoms with Crippen LogP contribution in [0.4, 0.5) is 0 Å². The lowest BCUT2D eigenvalue weighted by Crippen LogP contribution is -1.95. The number of H-pyrrole nitrogens is 1. The Kier molecular flexibility index (Phi) is 2.95. The van der Waals surface area contributed by atoms with E-state index in [4.69, 9.17) is 21.1 Å². The molecule has 0 bridgehead atoms. The Morgan fingerprint density at radius 2 is 2.11 bits per heavy atom. The summed E-state index contributed by atoms with van der Waals surface area (Å²) in [6.45, 7) is 2.46. The van der Waals surface area contributed by atoms with Crippen LogP contribution in [0.3, 0.4) is 0 Å². The number of aromatic amines is 1. The van der Waals surface area contributed by atoms with Gasteiger partial charge in [-0.05, 0) is 31.2 Å². The van der Waals surface area contributed by atoms with Crippen LogP contribution in [0.1, 0.15) is 6.92 Å². The quantitative estimate of drug-likeness (QED) is 0.741. The summed E-state index contributed by atoms with van der Waals surface area (Å²) in [5, 5.41) is 2.44. The molecule has 0 atom stereocenters. The molecule has 3 aromatic rings. The van der Waals surface area contributed by atoms with Crippen molar-refractivity contribution in [2.45, 2.75) is 6.92 Å². The number of fused-ring (bicyclic) bond motifs is 3. The number of hydrogen-bond donors (Lipinski definition) is 1. The van der Waals surface area contributed by atoms with Crippen molar-refractivity contribution < 1.29 is 9.47 Å². The summed E-state index contributed by atoms with van der Waals surface area (Å²) in [5.74, 6) is 1.33. The molecule has 0 aliphatic heterocycles. The van der Waals surface area contributed by atoms with Crippen molar-refractivity contribution >= 4 is 33.4 Å². The van der Waals surface area contributed by atoms with Gasteiger partial charge in [-0.3, -0.25) is 0 Å². The van der Waals surface area contributed by atoms with E-state index in [1.807, 2.05) is 31.2 Å². The van der Waals surface area contributed by atoms with Crippen LogP contribution in [-0.4, -0.2) is 23.7 Å². The number of hydrogen-bond acceptors (Lipinski definition) is 3. The maximum absolute atomic E-state index is 6.05. The summed E-state index contributed by atoms with van der Waals surface area (Å²) in [4.78, 5) is 7.52. The fourth-order valence-electron chi connectivity index (χ4n) is 2.18. The molecular formula is C14H13ClN2O2. The van der Waals surface area contributed by atoms with E-state index in [0.29, 0.717) is 17.6 Å². The summed E-state index contributed by atoms with van der Waals surface area (Å²) >= 11 is 6.05. The molecule has 98 valence electrons. The van der Waals surface area contributed by atoms with Crippen molar-refractivity contribution in [3.63, 3.8) is 0 Å². The highest BCUT2D eigenvalue weighted by atomic mass is 35.5. The minimum atomic E-state index is 0.416. The van der Waals surface area contributed by atoms with Crippen molar-refractivity contribution in [3.8, 4) is 11.6 Å². The number of pyridine rings is 1. The SMILES string of the molecule is CCOc1nc(Cl)cc2c1[nH]c1ccc(OC)cc12. The number of rotatable bonds is 3. The number of ether oxygens (including phenoxy) is 2. The average Bonchev–Trinajstić information content (AvgIpc) is 2.77. The number of nitrogens with one attached hydrogen (secondary N) is 1. The first-order valence-corrected chi connectivity index (χ1v) is 6.39. The smallest absolute Gasteiger partial charge is 0.239 e. The van der Waals surface area contributed by atoms with E-state index >= 15 is 0 Å². The van der Waals surface area contributed by atoms with E-state index < -0.39 is 0 Å². The van der Waals surface area contributed by atoms with E-state index in [0.717, 1.165) is 27.6 Å². The normalized spacial score (nSPS) is 11.1. The molecule has 3 rings (SSSR count). The van der Waals surface area contributed by atoms with Crippen LogP contribution in [0, 0.1) is 0 Å². The molecule has 2 heterocycles. The van der Waals surface area contributed by atoms with Crippen LogP contribution >= 0.6 is 11.6 Å². The molecular weight excluding hydrogens is 264 g/mol. The summed E-state index contributed by atoms with van der Waals surface area (Å²) in [7, 11) is 1.65. The van der Waals surface area contributed by atoms with Crippen molar-refractivity contribution in [3.05, 3.63) is 29.4 Å². The van der Waals surface area contributed by atoms with Gasteiger partial charge >= 0.3 is 0 Å². The second-order valence-corrected chi connectivity index (χ2v) is 4.53. The molecule has 19 heavy (non-hydrogen) atoms. The van der Waals surface area contributed by atoms with E-state index in [1.54, 1.807) is 7.11 Å². The van der Waals surface area contributed by atoms with Gasteiger partial charge in [0.2, 0.25) is 5.88 Å². The summed E-state index contributed by atoms with van der Waals surface area (Å²) in [5.41, 5.74) is 1.86. The average molecular weight is 277 g/mol. The Hall–Kier alpha value is -1.94. The molecule has 5 heteroatoms. The second kappa shape index (κ2) is 4.63. The predicted molar refractivity (Wildman–Crippen MR) is 76.3 cm³/mol. The maximum atomic E-state index is 6.05. The zero-order valence-corrected chi connectivity index (χ0v) is 11.4. The number of nitrogens with zero attached hydrogens (tertiary/aromatic N) is 1. The maximum Gasteiger partial charge on any atom is 0.239 e. The van der Waals surface area contributed by atoms with Crippen molar-refractivity contribution in [1.29, 1.82) is 0 Å². The lowest BCUT2D eigenvalue weighted by atomic mass is 10.2. The van der Waals surface area contributed by atoms with Crippen molar-refractivity contribution in [1.82, 2.24) is 9.97 Å². The minimum Gasteiger partial charge on any atom is -0.497 e. The molecule has 1 aromatic carbocycles. The minimum absolute atomic E-state index is 0.416. The first-order valence-electron chi connectivity index (χ1n) is 6.01. The van der Waals surface area contributed by atoms with Gasteiger partial charge in [0.1, 0.15) is 16.4 Å². The summed E-state index contributed by atoms with van der Waals surface area (Å²) in [6.07, 6.45) is 0. The topological polar surface area (TPSA) is 47.1 Å². The van der Waals surface area contributed by atoms with Crippen LogP contribution in [0.15, 0.2) is 24.3 Å². The van der Waals surface area contributed by atoms with Gasteiger partial charge in [0.25, 0.3) is 0 Å². The molecule has 0 radical (unpaired) electrons. The fourth-order valence-corrected chi connectivity index (χ4v) is 2.37. The van der Waals surface area contributed by atoms with Gasteiger partial charge in [0, 0.05) is 16.3 Å². The molecule has 0 spiro atoms. The first-order chi connectivity index (χ1) is 9.22. The van der Waals surface area contributed by atoms with E-state index in [9.17, 15) is 0 Å². The highest BCUT2D eigenvalue weighted by Gasteiger charge is 2.12. The Morgan fingerprint density at radius 1 is 1.26 bits per heavy atom. The Bertz CT molecular complexity index is 752. The molecule has 0 amide bonds. The predicted octanol–water partition coefficient (Wildman–Crippen LogP) is 3.78. The van der Waals surface area contributed by atoms with Gasteiger partial charge in [-0.2, -0.15) is 4.98 Å². The monoisotopic (exact) mass is 276 g/mol. The fraction of sp³-hybridized carbons (Fsp3) is 0.214. The first kappa shape index (κ1) is 12.1. The van der Waals surface area contributed by atoms with Gasteiger partial charge in [-0.1, -0.05) is 11.6 Å². The third kappa shape index (κ3) is 1.98. The lowest BCUT2D eigenvalue weighted by Gasteiger charge is -2.03. The van der Waals surface area contributed by atoms with Gasteiger partial charge in [-0.15, -0.1) is 0 Å². The molecule has 1 N–H and O–H groups in total. The van der Waals surface area contributed by atoms with Gasteiger partial charge in [0.05, 0.1) is 13.7 Å². The van der Waals surface area contributed by atoms with Crippen LogP contribution in [0.25, 0.3) is 21.8 Å². The summed E-state index contributed by atoms with van der Waals surface area (Å²) in [6, 6.07) is 7.68. The van der Waals surface area contributed by atoms with Crippen LogP contribution in [0.2, 0.25) is 5.15 Å². The lowest BCUT2D eigenvalue weighted by molar-refractivity contribution is 0.331. The molecule has 0 unspecified atom stereocenters. The third-order valence-corrected chi connectivity index (χ3v) is 3.21. The molecule has 0 saturated heterocycles. The Morgan fingerprint density at radius 3 is 2.84 bits per heavy atom. The van der Waals surface area contributed by atoms with E-state index in [-0.39, 0.29) is 0 Å². The van der Waals surface area contributed by atoms with Gasteiger partial charge in [0.15, 0.2) is 0 Å². The largest absolute Gasteiger partial charge is 0.497 e. The second-order valence-electron chi connectivity index (χ2n) is 4.14. The van der Waals surface area contributed by atoms with E-state index in [1.165, 1.54) is 0 Å². The van der Waals surface area contributed by atoms with Gasteiger partial charge < -0.3 is 14.5 Å². The third-order valence-electron chi connectivity index (χ3n) is 3.01. The molecule has 4 nitrogen and oxygen atoms in total. The number of methoxy groups -OCH3 is 1. The Labute approximate surface area is 115 Å². The number of halogens is 1. The zero-order chi connectivity index (χ0) is 13.4. The molecule has 0 aliphatic carbocycles. The van der Waals surface area contributed by atoms with Crippen LogP contribution in [0.5, 0.6) is 11.6 Å². The molecule has 0 saturated carbocycles. The zero-order valence-electron chi connectivity index (χ0n) is 10.7.